The first-order chi connectivity index (χ1) is 10.2. The van der Waals surface area contributed by atoms with Crippen molar-refractivity contribution in [1.29, 1.82) is 0 Å². The van der Waals surface area contributed by atoms with E-state index in [0.717, 1.165) is 29.9 Å². The van der Waals surface area contributed by atoms with Crippen molar-refractivity contribution in [2.24, 2.45) is 7.05 Å². The highest BCUT2D eigenvalue weighted by atomic mass is 79.9. The number of nitrogens with zero attached hydrogens (tertiary/aromatic N) is 3. The third-order valence-corrected chi connectivity index (χ3v) is 4.34. The fourth-order valence-electron chi connectivity index (χ4n) is 2.68. The van der Waals surface area contributed by atoms with Crippen LogP contribution >= 0.6 is 15.9 Å². The number of ether oxygens (including phenoxy) is 1. The van der Waals surface area contributed by atoms with Crippen LogP contribution in [0.1, 0.15) is 41.8 Å². The standard InChI is InChI=1S/C15H19BrN4O/c1-3-6-17-13(14-15(16)18-19-20(14)2)10-4-5-11-8-21-9-12(11)7-10/h4-5,7,13,17H,3,6,8-9H2,1-2H3. The van der Waals surface area contributed by atoms with Gasteiger partial charge in [0.25, 0.3) is 0 Å². The van der Waals surface area contributed by atoms with Gasteiger partial charge in [-0.25, -0.2) is 4.68 Å². The Hall–Kier alpha value is -1.24. The van der Waals surface area contributed by atoms with Crippen molar-refractivity contribution in [3.8, 4) is 0 Å². The van der Waals surface area contributed by atoms with Crippen molar-refractivity contribution in [1.82, 2.24) is 20.3 Å². The van der Waals surface area contributed by atoms with E-state index >= 15 is 0 Å². The summed E-state index contributed by atoms with van der Waals surface area (Å²) < 4.78 is 8.12. The summed E-state index contributed by atoms with van der Waals surface area (Å²) in [6, 6.07) is 6.64. The van der Waals surface area contributed by atoms with Crippen LogP contribution in [0.25, 0.3) is 0 Å². The number of fused-ring (bicyclic) bond motifs is 1. The molecular weight excluding hydrogens is 332 g/mol. The zero-order valence-corrected chi connectivity index (χ0v) is 13.9. The molecule has 1 aliphatic rings. The zero-order valence-electron chi connectivity index (χ0n) is 12.3. The van der Waals surface area contributed by atoms with E-state index in [2.05, 4.69) is 56.7 Å². The molecule has 0 saturated carbocycles. The van der Waals surface area contributed by atoms with Gasteiger partial charge in [0.2, 0.25) is 0 Å². The van der Waals surface area contributed by atoms with Crippen molar-refractivity contribution in [3.05, 3.63) is 45.2 Å². The Bertz CT molecular complexity index is 621. The van der Waals surface area contributed by atoms with Gasteiger partial charge in [0.15, 0.2) is 4.60 Å². The average molecular weight is 351 g/mol. The molecule has 1 aromatic carbocycles. The van der Waals surface area contributed by atoms with Crippen molar-refractivity contribution in [2.45, 2.75) is 32.6 Å². The largest absolute Gasteiger partial charge is 0.372 e. The maximum Gasteiger partial charge on any atom is 0.153 e. The van der Waals surface area contributed by atoms with Crippen LogP contribution in [0.15, 0.2) is 22.8 Å². The summed E-state index contributed by atoms with van der Waals surface area (Å²) in [5, 5.41) is 11.8. The monoisotopic (exact) mass is 350 g/mol. The van der Waals surface area contributed by atoms with Gasteiger partial charge in [0, 0.05) is 7.05 Å². The average Bonchev–Trinajstić information content (AvgIpc) is 3.07. The first kappa shape index (κ1) is 14.7. The molecule has 0 spiro atoms. The molecule has 2 heterocycles. The van der Waals surface area contributed by atoms with Crippen LogP contribution < -0.4 is 5.32 Å². The zero-order chi connectivity index (χ0) is 14.8. The summed E-state index contributed by atoms with van der Waals surface area (Å²) in [5.41, 5.74) is 4.83. The summed E-state index contributed by atoms with van der Waals surface area (Å²) >= 11 is 3.51. The smallest absolute Gasteiger partial charge is 0.153 e. The number of hydrogen-bond acceptors (Lipinski definition) is 4. The Labute approximate surface area is 132 Å². The van der Waals surface area contributed by atoms with E-state index in [-0.39, 0.29) is 6.04 Å². The maximum absolute atomic E-state index is 5.51. The first-order valence-corrected chi connectivity index (χ1v) is 7.98. The van der Waals surface area contributed by atoms with E-state index < -0.39 is 0 Å². The van der Waals surface area contributed by atoms with Crippen LogP contribution in [-0.4, -0.2) is 21.5 Å². The molecule has 1 aromatic heterocycles. The van der Waals surface area contributed by atoms with Crippen LogP contribution in [0.2, 0.25) is 0 Å². The molecule has 0 aliphatic carbocycles. The molecule has 1 aliphatic heterocycles. The second kappa shape index (κ2) is 6.25. The van der Waals surface area contributed by atoms with Gasteiger partial charge in [-0.3, -0.25) is 0 Å². The van der Waals surface area contributed by atoms with E-state index in [1.165, 1.54) is 16.7 Å². The molecule has 0 bridgehead atoms. The molecule has 0 amide bonds. The minimum Gasteiger partial charge on any atom is -0.372 e. The third-order valence-electron chi connectivity index (χ3n) is 3.78. The lowest BCUT2D eigenvalue weighted by Gasteiger charge is -2.20. The number of benzene rings is 1. The Balaban J connectivity index is 1.99. The Morgan fingerprint density at radius 1 is 1.38 bits per heavy atom. The quantitative estimate of drug-likeness (QED) is 0.900. The molecule has 6 heteroatoms. The lowest BCUT2D eigenvalue weighted by Crippen LogP contribution is -2.25. The number of hydrogen-bond donors (Lipinski definition) is 1. The highest BCUT2D eigenvalue weighted by molar-refractivity contribution is 9.10. The first-order valence-electron chi connectivity index (χ1n) is 7.18. The lowest BCUT2D eigenvalue weighted by molar-refractivity contribution is 0.134. The van der Waals surface area contributed by atoms with Crippen LogP contribution in [-0.2, 0) is 25.0 Å². The van der Waals surface area contributed by atoms with Crippen LogP contribution in [0.5, 0.6) is 0 Å². The molecule has 1 unspecified atom stereocenters. The van der Waals surface area contributed by atoms with Gasteiger partial charge in [-0.1, -0.05) is 30.3 Å². The Morgan fingerprint density at radius 2 is 2.19 bits per heavy atom. The number of halogens is 1. The highest BCUT2D eigenvalue weighted by Gasteiger charge is 2.23. The molecule has 1 N–H and O–H groups in total. The Kier molecular flexibility index (Phi) is 4.37. The molecule has 21 heavy (non-hydrogen) atoms. The second-order valence-electron chi connectivity index (χ2n) is 5.30. The third kappa shape index (κ3) is 2.88. The van der Waals surface area contributed by atoms with Gasteiger partial charge in [-0.05, 0) is 45.6 Å². The summed E-state index contributed by atoms with van der Waals surface area (Å²) in [6.07, 6.45) is 1.08. The normalized spacial score (nSPS) is 15.2. The van der Waals surface area contributed by atoms with E-state index in [9.17, 15) is 0 Å². The molecule has 1 atom stereocenters. The minimum absolute atomic E-state index is 0.0743. The number of aryl methyl sites for hydroxylation is 1. The number of rotatable bonds is 5. The summed E-state index contributed by atoms with van der Waals surface area (Å²) in [5.74, 6) is 0. The fourth-order valence-corrected chi connectivity index (χ4v) is 3.23. The Morgan fingerprint density at radius 3 is 2.90 bits per heavy atom. The molecule has 0 saturated heterocycles. The van der Waals surface area contributed by atoms with Crippen LogP contribution in [0.4, 0.5) is 0 Å². The lowest BCUT2D eigenvalue weighted by atomic mass is 9.99. The molecule has 3 rings (SSSR count). The van der Waals surface area contributed by atoms with Crippen molar-refractivity contribution in [2.75, 3.05) is 6.54 Å². The molecule has 5 nitrogen and oxygen atoms in total. The molecule has 0 fully saturated rings. The molecule has 2 aromatic rings. The van der Waals surface area contributed by atoms with E-state index in [4.69, 9.17) is 4.74 Å². The SMILES string of the molecule is CCCNC(c1ccc2c(c1)COC2)c1c(Br)nnn1C. The van der Waals surface area contributed by atoms with Gasteiger partial charge in [0.05, 0.1) is 24.9 Å². The maximum atomic E-state index is 5.51. The van der Waals surface area contributed by atoms with Crippen LogP contribution in [0.3, 0.4) is 0 Å². The number of nitrogens with one attached hydrogen (secondary N) is 1. The predicted molar refractivity (Wildman–Crippen MR) is 83.8 cm³/mol. The molecule has 112 valence electrons. The topological polar surface area (TPSA) is 52.0 Å². The van der Waals surface area contributed by atoms with Gasteiger partial charge in [0.1, 0.15) is 0 Å². The van der Waals surface area contributed by atoms with Gasteiger partial charge >= 0.3 is 0 Å². The molecular formula is C15H19BrN4O. The summed E-state index contributed by atoms with van der Waals surface area (Å²) in [6.45, 7) is 4.53. The second-order valence-corrected chi connectivity index (χ2v) is 6.05. The van der Waals surface area contributed by atoms with E-state index in [0.29, 0.717) is 6.61 Å². The van der Waals surface area contributed by atoms with Crippen molar-refractivity contribution < 1.29 is 4.74 Å². The van der Waals surface area contributed by atoms with E-state index in [1.807, 2.05) is 11.7 Å². The van der Waals surface area contributed by atoms with Crippen LogP contribution in [0, 0.1) is 0 Å². The summed E-state index contributed by atoms with van der Waals surface area (Å²) in [4.78, 5) is 0. The van der Waals surface area contributed by atoms with Gasteiger partial charge in [-0.2, -0.15) is 0 Å². The summed E-state index contributed by atoms with van der Waals surface area (Å²) in [7, 11) is 1.92. The molecule has 0 radical (unpaired) electrons. The van der Waals surface area contributed by atoms with E-state index in [1.54, 1.807) is 0 Å². The van der Waals surface area contributed by atoms with Crippen molar-refractivity contribution in [3.63, 3.8) is 0 Å². The number of aromatic nitrogens is 3. The minimum atomic E-state index is 0.0743. The predicted octanol–water partition coefficient (Wildman–Crippen LogP) is 2.70. The van der Waals surface area contributed by atoms with Crippen molar-refractivity contribution >= 4 is 15.9 Å². The fraction of sp³-hybridized carbons (Fsp3) is 0.467. The van der Waals surface area contributed by atoms with Gasteiger partial charge < -0.3 is 10.1 Å². The highest BCUT2D eigenvalue weighted by Crippen LogP contribution is 2.30. The van der Waals surface area contributed by atoms with Gasteiger partial charge in [-0.15, -0.1) is 5.10 Å².